The molecular formula is C34H30O15. The van der Waals surface area contributed by atoms with Gasteiger partial charge in [0, 0.05) is 31.1 Å². The maximum Gasteiger partial charge on any atom is 0.348 e. The van der Waals surface area contributed by atoms with Crippen molar-refractivity contribution in [1.29, 1.82) is 0 Å². The molecule has 0 spiro atoms. The van der Waals surface area contributed by atoms with Gasteiger partial charge >= 0.3 is 23.9 Å². The van der Waals surface area contributed by atoms with Gasteiger partial charge in [0.25, 0.3) is 0 Å². The van der Waals surface area contributed by atoms with E-state index in [-0.39, 0.29) is 16.7 Å². The van der Waals surface area contributed by atoms with Crippen LogP contribution in [0.2, 0.25) is 0 Å². The lowest BCUT2D eigenvalue weighted by Crippen LogP contribution is -2.59. The minimum atomic E-state index is -2.51. The Morgan fingerprint density at radius 1 is 0.571 bits per heavy atom. The lowest BCUT2D eigenvalue weighted by atomic mass is 9.79. The van der Waals surface area contributed by atoms with Crippen LogP contribution in [0.1, 0.15) is 29.5 Å². The summed E-state index contributed by atoms with van der Waals surface area (Å²) in [5, 5.41) is 78.8. The molecule has 3 aromatic rings. The van der Waals surface area contributed by atoms with E-state index in [0.717, 1.165) is 60.7 Å². The SMILES string of the molecule is O=C(C=Cc1ccc(O)c(O)c1)O[C@@H]1CC(OC(=O)C=Cc2ccc(O)c(O)c2)(C(=O)O)C[C@@H](OC(=O)C=Cc2ccc(O)c(O)c2)C1O. The first-order valence-electron chi connectivity index (χ1n) is 14.3. The van der Waals surface area contributed by atoms with Crippen LogP contribution >= 0.6 is 0 Å². The van der Waals surface area contributed by atoms with E-state index in [4.69, 9.17) is 14.2 Å². The van der Waals surface area contributed by atoms with Crippen LogP contribution in [0, 0.1) is 0 Å². The Kier molecular flexibility index (Phi) is 10.8. The van der Waals surface area contributed by atoms with Gasteiger partial charge in [0.2, 0.25) is 5.60 Å². The zero-order valence-corrected chi connectivity index (χ0v) is 25.2. The summed E-state index contributed by atoms with van der Waals surface area (Å²) in [5.74, 6) is -7.79. The molecule has 1 aliphatic rings. The van der Waals surface area contributed by atoms with Gasteiger partial charge in [0.1, 0.15) is 18.3 Å². The van der Waals surface area contributed by atoms with Gasteiger partial charge in [-0.2, -0.15) is 0 Å². The predicted molar refractivity (Wildman–Crippen MR) is 168 cm³/mol. The van der Waals surface area contributed by atoms with Crippen LogP contribution in [0.3, 0.4) is 0 Å². The van der Waals surface area contributed by atoms with Crippen molar-refractivity contribution >= 4 is 42.1 Å². The highest BCUT2D eigenvalue weighted by Gasteiger charge is 2.55. The summed E-state index contributed by atoms with van der Waals surface area (Å²) in [6.45, 7) is 0. The second-order valence-corrected chi connectivity index (χ2v) is 10.8. The van der Waals surface area contributed by atoms with Crippen molar-refractivity contribution < 1.29 is 74.2 Å². The fourth-order valence-corrected chi connectivity index (χ4v) is 4.77. The molecule has 0 aromatic heterocycles. The third-order valence-electron chi connectivity index (χ3n) is 7.28. The van der Waals surface area contributed by atoms with Crippen LogP contribution in [-0.2, 0) is 33.4 Å². The highest BCUT2D eigenvalue weighted by atomic mass is 16.6. The van der Waals surface area contributed by atoms with Crippen LogP contribution in [0.5, 0.6) is 34.5 Å². The number of aliphatic hydroxyl groups is 1. The number of hydrogen-bond donors (Lipinski definition) is 8. The molecule has 0 amide bonds. The van der Waals surface area contributed by atoms with Gasteiger partial charge in [0.05, 0.1) is 0 Å². The number of carboxylic acids is 1. The van der Waals surface area contributed by atoms with Crippen LogP contribution in [-0.4, -0.2) is 88.6 Å². The van der Waals surface area contributed by atoms with Crippen molar-refractivity contribution in [1.82, 2.24) is 0 Å². The van der Waals surface area contributed by atoms with Gasteiger partial charge in [-0.1, -0.05) is 18.2 Å². The average molecular weight is 679 g/mol. The van der Waals surface area contributed by atoms with E-state index in [1.165, 1.54) is 30.4 Å². The third-order valence-corrected chi connectivity index (χ3v) is 7.28. The number of carboxylic acid groups (broad SMARTS) is 1. The molecular weight excluding hydrogens is 648 g/mol. The molecule has 0 saturated heterocycles. The number of aliphatic carboxylic acids is 1. The number of esters is 3. The summed E-state index contributed by atoms with van der Waals surface area (Å²) < 4.78 is 16.0. The lowest BCUT2D eigenvalue weighted by molar-refractivity contribution is -0.211. The minimum Gasteiger partial charge on any atom is -0.504 e. The monoisotopic (exact) mass is 678 g/mol. The van der Waals surface area contributed by atoms with Gasteiger partial charge in [-0.25, -0.2) is 19.2 Å². The molecule has 15 nitrogen and oxygen atoms in total. The molecule has 0 unspecified atom stereocenters. The van der Waals surface area contributed by atoms with E-state index < -0.39 is 95.1 Å². The van der Waals surface area contributed by atoms with E-state index >= 15 is 0 Å². The molecule has 8 N–H and O–H groups in total. The first-order valence-corrected chi connectivity index (χ1v) is 14.3. The first kappa shape index (κ1) is 35.4. The van der Waals surface area contributed by atoms with E-state index in [2.05, 4.69) is 0 Å². The van der Waals surface area contributed by atoms with Gasteiger partial charge in [-0.05, 0) is 71.3 Å². The fourth-order valence-electron chi connectivity index (χ4n) is 4.77. The summed E-state index contributed by atoms with van der Waals surface area (Å²) >= 11 is 0. The molecule has 0 bridgehead atoms. The van der Waals surface area contributed by atoms with E-state index in [9.17, 15) is 60.0 Å². The molecule has 3 aromatic carbocycles. The van der Waals surface area contributed by atoms with Crippen molar-refractivity contribution in [2.45, 2.75) is 36.8 Å². The quantitative estimate of drug-likeness (QED) is 0.0664. The first-order chi connectivity index (χ1) is 23.2. The summed E-state index contributed by atoms with van der Waals surface area (Å²) in [7, 11) is 0. The van der Waals surface area contributed by atoms with E-state index in [1.807, 2.05) is 0 Å². The van der Waals surface area contributed by atoms with E-state index in [0.29, 0.717) is 0 Å². The number of aromatic hydroxyl groups is 6. The van der Waals surface area contributed by atoms with Crippen LogP contribution < -0.4 is 0 Å². The lowest BCUT2D eigenvalue weighted by Gasteiger charge is -2.42. The minimum absolute atomic E-state index is 0.233. The highest BCUT2D eigenvalue weighted by molar-refractivity contribution is 5.91. The van der Waals surface area contributed by atoms with Crippen molar-refractivity contribution in [2.24, 2.45) is 0 Å². The predicted octanol–water partition coefficient (Wildman–Crippen LogP) is 2.71. The van der Waals surface area contributed by atoms with E-state index in [1.54, 1.807) is 0 Å². The largest absolute Gasteiger partial charge is 0.504 e. The Morgan fingerprint density at radius 2 is 0.918 bits per heavy atom. The molecule has 0 aliphatic heterocycles. The van der Waals surface area contributed by atoms with Crippen molar-refractivity contribution in [3.05, 3.63) is 89.5 Å². The second kappa shape index (κ2) is 15.0. The molecule has 49 heavy (non-hydrogen) atoms. The van der Waals surface area contributed by atoms with Gasteiger partial charge in [0.15, 0.2) is 34.5 Å². The summed E-state index contributed by atoms with van der Waals surface area (Å²) in [6, 6.07) is 10.9. The molecule has 0 radical (unpaired) electrons. The van der Waals surface area contributed by atoms with Crippen LogP contribution in [0.15, 0.2) is 72.8 Å². The Bertz CT molecular complexity index is 1760. The number of hydrogen-bond acceptors (Lipinski definition) is 14. The van der Waals surface area contributed by atoms with Gasteiger partial charge in [-0.15, -0.1) is 0 Å². The molecule has 15 heteroatoms. The number of phenolic OH excluding ortho intramolecular Hbond substituents is 6. The van der Waals surface area contributed by atoms with Crippen molar-refractivity contribution in [2.75, 3.05) is 0 Å². The number of phenols is 6. The maximum atomic E-state index is 12.8. The number of ether oxygens (including phenoxy) is 3. The van der Waals surface area contributed by atoms with Gasteiger partial charge < -0.3 is 55.1 Å². The summed E-state index contributed by atoms with van der Waals surface area (Å²) in [6.07, 6.45) is -0.661. The van der Waals surface area contributed by atoms with Gasteiger partial charge in [-0.3, -0.25) is 0 Å². The Hall–Kier alpha value is -6.48. The maximum absolute atomic E-state index is 12.8. The topological polar surface area (TPSA) is 258 Å². The number of carbonyl (C=O) groups is 4. The molecule has 1 aliphatic carbocycles. The van der Waals surface area contributed by atoms with Crippen LogP contribution in [0.25, 0.3) is 18.2 Å². The Morgan fingerprint density at radius 3 is 1.24 bits per heavy atom. The molecule has 1 fully saturated rings. The zero-order chi connectivity index (χ0) is 35.9. The molecule has 256 valence electrons. The molecule has 4 rings (SSSR count). The number of carbonyl (C=O) groups excluding carboxylic acids is 3. The van der Waals surface area contributed by atoms with Crippen molar-refractivity contribution in [3.8, 4) is 34.5 Å². The molecule has 0 heterocycles. The number of benzene rings is 3. The van der Waals surface area contributed by atoms with Crippen LogP contribution in [0.4, 0.5) is 0 Å². The second-order valence-electron chi connectivity index (χ2n) is 10.8. The number of aliphatic hydroxyl groups excluding tert-OH is 1. The third kappa shape index (κ3) is 9.08. The summed E-state index contributed by atoms with van der Waals surface area (Å²) in [4.78, 5) is 51.0. The molecule has 1 saturated carbocycles. The fraction of sp³-hybridized carbons (Fsp3) is 0.176. The average Bonchev–Trinajstić information content (AvgIpc) is 3.04. The summed E-state index contributed by atoms with van der Waals surface area (Å²) in [5.41, 5.74) is -1.75. The highest BCUT2D eigenvalue weighted by Crippen LogP contribution is 2.37. The Balaban J connectivity index is 1.58. The number of rotatable bonds is 10. The smallest absolute Gasteiger partial charge is 0.348 e. The normalized spacial score (nSPS) is 20.7. The Labute approximate surface area is 277 Å². The standard InChI is InChI=1S/C34H30O15/c35-21-7-1-18(13-24(21)38)4-10-29(41)47-27-16-34(33(45)46,49-31(43)12-6-20-3-9-23(37)26(40)15-20)17-28(32(27)44)48-30(42)11-5-19-2-8-22(36)25(39)14-19/h1-15,27-28,32,35-40,44H,16-17H2,(H,45,46)/t27-,28-,32?,34?/m1/s1. The zero-order valence-electron chi connectivity index (χ0n) is 25.2. The van der Waals surface area contributed by atoms with Crippen molar-refractivity contribution in [3.63, 3.8) is 0 Å². The molecule has 2 atom stereocenters.